The number of nitrogens with one attached hydrogen (secondary N) is 1. The van der Waals surface area contributed by atoms with Crippen molar-refractivity contribution in [3.8, 4) is 0 Å². The molecule has 6 heteroatoms. The molecule has 2 aromatic heterocycles. The molecule has 3 heterocycles. The van der Waals surface area contributed by atoms with E-state index in [4.69, 9.17) is 0 Å². The molecule has 26 heavy (non-hydrogen) atoms. The van der Waals surface area contributed by atoms with E-state index in [0.717, 1.165) is 12.1 Å². The van der Waals surface area contributed by atoms with Crippen molar-refractivity contribution in [2.45, 2.75) is 45.2 Å². The van der Waals surface area contributed by atoms with Gasteiger partial charge >= 0.3 is 0 Å². The maximum Gasteiger partial charge on any atom is 0.225 e. The second-order valence-electron chi connectivity index (χ2n) is 7.08. The standard InChI is InChI=1S/C20H23N3O2S/c24-19-9-14(11-23(19)12-16-5-3-4-8-21-16)20(25)22-10-15-13-26-18-7-2-1-6-17(15)18/h3-5,8,13-14H,1-2,6-7,9-12H2,(H,22,25). The zero-order valence-electron chi connectivity index (χ0n) is 14.7. The van der Waals surface area contributed by atoms with E-state index in [1.165, 1.54) is 35.3 Å². The zero-order valence-corrected chi connectivity index (χ0v) is 15.6. The van der Waals surface area contributed by atoms with E-state index in [-0.39, 0.29) is 17.7 Å². The zero-order chi connectivity index (χ0) is 17.9. The van der Waals surface area contributed by atoms with Crippen molar-refractivity contribution in [1.29, 1.82) is 0 Å². The lowest BCUT2D eigenvalue weighted by molar-refractivity contribution is -0.129. The Morgan fingerprint density at radius 2 is 2.19 bits per heavy atom. The number of nitrogens with zero attached hydrogens (tertiary/aromatic N) is 2. The Balaban J connectivity index is 1.33. The van der Waals surface area contributed by atoms with Crippen molar-refractivity contribution in [1.82, 2.24) is 15.2 Å². The Kier molecular flexibility index (Phi) is 5.02. The summed E-state index contributed by atoms with van der Waals surface area (Å²) in [7, 11) is 0. The Bertz CT molecular complexity index is 803. The van der Waals surface area contributed by atoms with Gasteiger partial charge in [-0.3, -0.25) is 14.6 Å². The van der Waals surface area contributed by atoms with Crippen LogP contribution < -0.4 is 5.32 Å². The molecule has 0 bridgehead atoms. The minimum atomic E-state index is -0.263. The fraction of sp³-hybridized carbons (Fsp3) is 0.450. The normalized spacial score (nSPS) is 19.5. The van der Waals surface area contributed by atoms with E-state index in [1.807, 2.05) is 29.5 Å². The van der Waals surface area contributed by atoms with Crippen LogP contribution in [-0.4, -0.2) is 28.2 Å². The summed E-state index contributed by atoms with van der Waals surface area (Å²) < 4.78 is 0. The number of likely N-dealkylation sites (tertiary alicyclic amines) is 1. The second kappa shape index (κ2) is 7.58. The number of carbonyl (C=O) groups excluding carboxylic acids is 2. The third-order valence-corrected chi connectivity index (χ3v) is 6.40. The minimum Gasteiger partial charge on any atom is -0.352 e. The summed E-state index contributed by atoms with van der Waals surface area (Å²) in [5.41, 5.74) is 3.56. The third kappa shape index (κ3) is 3.65. The second-order valence-corrected chi connectivity index (χ2v) is 8.05. The summed E-state index contributed by atoms with van der Waals surface area (Å²) in [6, 6.07) is 5.67. The molecule has 4 rings (SSSR count). The Morgan fingerprint density at radius 3 is 3.04 bits per heavy atom. The van der Waals surface area contributed by atoms with E-state index < -0.39 is 0 Å². The van der Waals surface area contributed by atoms with Gasteiger partial charge in [0.2, 0.25) is 11.8 Å². The molecule has 1 saturated heterocycles. The van der Waals surface area contributed by atoms with Crippen LogP contribution in [0.1, 0.15) is 41.0 Å². The van der Waals surface area contributed by atoms with Gasteiger partial charge in [-0.05, 0) is 54.3 Å². The van der Waals surface area contributed by atoms with Crippen LogP contribution in [0.2, 0.25) is 0 Å². The van der Waals surface area contributed by atoms with Gasteiger partial charge in [0.25, 0.3) is 0 Å². The molecule has 136 valence electrons. The number of thiophene rings is 1. The highest BCUT2D eigenvalue weighted by Gasteiger charge is 2.34. The molecule has 0 radical (unpaired) electrons. The van der Waals surface area contributed by atoms with Crippen LogP contribution in [0.15, 0.2) is 29.8 Å². The van der Waals surface area contributed by atoms with Gasteiger partial charge in [0.15, 0.2) is 0 Å². The number of hydrogen-bond donors (Lipinski definition) is 1. The van der Waals surface area contributed by atoms with E-state index >= 15 is 0 Å². The molecule has 1 atom stereocenters. The molecule has 0 spiro atoms. The minimum absolute atomic E-state index is 0.0161. The number of pyridine rings is 1. The topological polar surface area (TPSA) is 62.3 Å². The van der Waals surface area contributed by atoms with Crippen molar-refractivity contribution in [2.75, 3.05) is 6.54 Å². The first kappa shape index (κ1) is 17.2. The van der Waals surface area contributed by atoms with Crippen LogP contribution >= 0.6 is 11.3 Å². The number of aromatic nitrogens is 1. The molecule has 2 aliphatic rings. The van der Waals surface area contributed by atoms with Crippen LogP contribution in [0.25, 0.3) is 0 Å². The van der Waals surface area contributed by atoms with Crippen molar-refractivity contribution < 1.29 is 9.59 Å². The summed E-state index contributed by atoms with van der Waals surface area (Å²) in [6.45, 7) is 1.53. The molecule has 2 aromatic rings. The highest BCUT2D eigenvalue weighted by atomic mass is 32.1. The molecular weight excluding hydrogens is 346 g/mol. The lowest BCUT2D eigenvalue weighted by atomic mass is 9.96. The van der Waals surface area contributed by atoms with Gasteiger partial charge in [0, 0.05) is 30.6 Å². The highest BCUT2D eigenvalue weighted by molar-refractivity contribution is 7.10. The van der Waals surface area contributed by atoms with Gasteiger partial charge in [-0.25, -0.2) is 0 Å². The summed E-state index contributed by atoms with van der Waals surface area (Å²) in [4.78, 5) is 32.3. The number of amides is 2. The predicted molar refractivity (Wildman–Crippen MR) is 101 cm³/mol. The van der Waals surface area contributed by atoms with Crippen LogP contribution in [0, 0.1) is 5.92 Å². The lowest BCUT2D eigenvalue weighted by Gasteiger charge is -2.16. The summed E-state index contributed by atoms with van der Waals surface area (Å²) in [5.74, 6) is -0.248. The van der Waals surface area contributed by atoms with E-state index in [0.29, 0.717) is 26.1 Å². The first-order valence-electron chi connectivity index (χ1n) is 9.24. The largest absolute Gasteiger partial charge is 0.352 e. The van der Waals surface area contributed by atoms with Crippen LogP contribution in [0.5, 0.6) is 0 Å². The Hall–Kier alpha value is -2.21. The molecule has 1 aliphatic carbocycles. The van der Waals surface area contributed by atoms with Crippen molar-refractivity contribution >= 4 is 23.2 Å². The molecule has 1 N–H and O–H groups in total. The van der Waals surface area contributed by atoms with Gasteiger partial charge in [0.1, 0.15) is 0 Å². The highest BCUT2D eigenvalue weighted by Crippen LogP contribution is 2.30. The van der Waals surface area contributed by atoms with Crippen molar-refractivity contribution in [2.24, 2.45) is 5.92 Å². The fourth-order valence-electron chi connectivity index (χ4n) is 3.82. The number of aryl methyl sites for hydroxylation is 1. The summed E-state index contributed by atoms with van der Waals surface area (Å²) >= 11 is 1.82. The molecule has 5 nitrogen and oxygen atoms in total. The average Bonchev–Trinajstić information content (AvgIpc) is 3.24. The molecule has 1 aliphatic heterocycles. The summed E-state index contributed by atoms with van der Waals surface area (Å²) in [6.07, 6.45) is 6.83. The van der Waals surface area contributed by atoms with Gasteiger partial charge in [0.05, 0.1) is 18.2 Å². The van der Waals surface area contributed by atoms with Crippen LogP contribution in [0.4, 0.5) is 0 Å². The Morgan fingerprint density at radius 1 is 1.31 bits per heavy atom. The third-order valence-electron chi connectivity index (χ3n) is 5.27. The number of carbonyl (C=O) groups is 2. The van der Waals surface area contributed by atoms with E-state index in [2.05, 4.69) is 15.7 Å². The summed E-state index contributed by atoms with van der Waals surface area (Å²) in [5, 5.41) is 5.24. The molecular formula is C20H23N3O2S. The van der Waals surface area contributed by atoms with Gasteiger partial charge in [-0.2, -0.15) is 0 Å². The SMILES string of the molecule is O=C(NCc1csc2c1CCCC2)C1CC(=O)N(Cc2ccccn2)C1. The lowest BCUT2D eigenvalue weighted by Crippen LogP contribution is -2.32. The van der Waals surface area contributed by atoms with Crippen LogP contribution in [-0.2, 0) is 35.5 Å². The number of fused-ring (bicyclic) bond motifs is 1. The van der Waals surface area contributed by atoms with Crippen LogP contribution in [0.3, 0.4) is 0 Å². The monoisotopic (exact) mass is 369 g/mol. The maximum atomic E-state index is 12.5. The molecule has 1 unspecified atom stereocenters. The number of hydrogen-bond acceptors (Lipinski definition) is 4. The van der Waals surface area contributed by atoms with Gasteiger partial charge in [-0.15, -0.1) is 11.3 Å². The predicted octanol–water partition coefficient (Wildman–Crippen LogP) is 2.69. The van der Waals surface area contributed by atoms with E-state index in [1.54, 1.807) is 11.1 Å². The van der Waals surface area contributed by atoms with E-state index in [9.17, 15) is 9.59 Å². The molecule has 0 aromatic carbocycles. The molecule has 1 fully saturated rings. The number of rotatable bonds is 5. The first-order valence-corrected chi connectivity index (χ1v) is 10.1. The van der Waals surface area contributed by atoms with Gasteiger partial charge < -0.3 is 10.2 Å². The quantitative estimate of drug-likeness (QED) is 0.881. The van der Waals surface area contributed by atoms with Crippen molar-refractivity contribution in [3.63, 3.8) is 0 Å². The molecule has 2 amide bonds. The fourth-order valence-corrected chi connectivity index (χ4v) is 4.97. The molecule has 0 saturated carbocycles. The van der Waals surface area contributed by atoms with Crippen molar-refractivity contribution in [3.05, 3.63) is 51.5 Å². The Labute approximate surface area is 157 Å². The maximum absolute atomic E-state index is 12.5. The van der Waals surface area contributed by atoms with Gasteiger partial charge in [-0.1, -0.05) is 6.07 Å². The first-order chi connectivity index (χ1) is 12.7. The smallest absolute Gasteiger partial charge is 0.225 e. The average molecular weight is 369 g/mol.